The zero-order chi connectivity index (χ0) is 21.9. The normalized spacial score (nSPS) is 34.9. The van der Waals surface area contributed by atoms with E-state index in [0.717, 1.165) is 10.9 Å². The number of imide groups is 1. The molecule has 2 aliphatic heterocycles. The third-order valence-corrected chi connectivity index (χ3v) is 7.40. The number of ether oxygens (including phenoxy) is 1. The minimum absolute atomic E-state index is 0.161. The van der Waals surface area contributed by atoms with E-state index in [0.29, 0.717) is 24.8 Å². The highest BCUT2D eigenvalue weighted by molar-refractivity contribution is 6.05. The first-order chi connectivity index (χ1) is 14.9. The van der Waals surface area contributed by atoms with Crippen LogP contribution < -0.4 is 0 Å². The van der Waals surface area contributed by atoms with E-state index in [1.165, 1.54) is 4.90 Å². The standard InChI is InChI=1S/C24H27NO6/c1-2-9-25-22(28)17-10-13(12-26)24(30)18(21(17)23(25)29)11-20(31-24)16-7-8-19(27)15-6-4-3-5-14(15)16/h3-8,13,17-18,20-21,26-27,30H,2,9-12H2,1H3/t13-,17+,18+,20+,21+,24-/m1/s1. The molecule has 3 fully saturated rings. The van der Waals surface area contributed by atoms with Gasteiger partial charge in [-0.3, -0.25) is 14.5 Å². The van der Waals surface area contributed by atoms with Crippen LogP contribution in [0.3, 0.4) is 0 Å². The maximum absolute atomic E-state index is 13.2. The minimum atomic E-state index is -1.68. The summed E-state index contributed by atoms with van der Waals surface area (Å²) in [6, 6.07) is 10.8. The third kappa shape index (κ3) is 2.83. The predicted octanol–water partition coefficient (Wildman–Crippen LogP) is 2.33. The van der Waals surface area contributed by atoms with Crippen LogP contribution in [0.25, 0.3) is 10.8 Å². The van der Waals surface area contributed by atoms with E-state index in [1.807, 2.05) is 31.2 Å². The second kappa shape index (κ2) is 7.29. The number of hydrogen-bond donors (Lipinski definition) is 3. The van der Waals surface area contributed by atoms with Gasteiger partial charge in [-0.05, 0) is 36.3 Å². The van der Waals surface area contributed by atoms with Gasteiger partial charge in [-0.2, -0.15) is 0 Å². The summed E-state index contributed by atoms with van der Waals surface area (Å²) < 4.78 is 6.21. The fourth-order valence-corrected chi connectivity index (χ4v) is 5.98. The highest BCUT2D eigenvalue weighted by Crippen LogP contribution is 2.58. The summed E-state index contributed by atoms with van der Waals surface area (Å²) in [4.78, 5) is 27.4. The third-order valence-electron chi connectivity index (χ3n) is 7.40. The van der Waals surface area contributed by atoms with Gasteiger partial charge >= 0.3 is 0 Å². The Morgan fingerprint density at radius 1 is 1.10 bits per heavy atom. The number of phenols is 1. The van der Waals surface area contributed by atoms with E-state index in [1.54, 1.807) is 12.1 Å². The summed E-state index contributed by atoms with van der Waals surface area (Å²) in [6.45, 7) is 1.96. The lowest BCUT2D eigenvalue weighted by Crippen LogP contribution is -2.54. The number of aliphatic hydroxyl groups is 2. The number of amides is 2. The maximum Gasteiger partial charge on any atom is 0.233 e. The summed E-state index contributed by atoms with van der Waals surface area (Å²) in [5.74, 6) is -4.36. The van der Waals surface area contributed by atoms with Crippen LogP contribution in [0, 0.1) is 23.7 Å². The molecule has 7 heteroatoms. The van der Waals surface area contributed by atoms with Crippen molar-refractivity contribution in [2.45, 2.75) is 38.1 Å². The number of carbonyl (C=O) groups is 2. The number of benzene rings is 2. The first kappa shape index (κ1) is 20.4. The van der Waals surface area contributed by atoms with Gasteiger partial charge < -0.3 is 20.1 Å². The molecule has 2 saturated heterocycles. The monoisotopic (exact) mass is 425 g/mol. The lowest BCUT2D eigenvalue weighted by atomic mass is 9.64. The van der Waals surface area contributed by atoms with Crippen molar-refractivity contribution in [3.63, 3.8) is 0 Å². The van der Waals surface area contributed by atoms with Crippen molar-refractivity contribution in [3.05, 3.63) is 42.0 Å². The molecule has 7 nitrogen and oxygen atoms in total. The minimum Gasteiger partial charge on any atom is -0.507 e. The molecule has 1 aliphatic carbocycles. The molecule has 0 unspecified atom stereocenters. The van der Waals surface area contributed by atoms with Crippen molar-refractivity contribution in [1.82, 2.24) is 4.90 Å². The molecule has 3 aliphatic rings. The van der Waals surface area contributed by atoms with Gasteiger partial charge in [-0.15, -0.1) is 0 Å². The summed E-state index contributed by atoms with van der Waals surface area (Å²) >= 11 is 0. The Kier molecular flexibility index (Phi) is 4.80. The first-order valence-electron chi connectivity index (χ1n) is 11.0. The molecule has 31 heavy (non-hydrogen) atoms. The molecule has 3 N–H and O–H groups in total. The number of phenolic OH excluding ortho intramolecular Hbond substituents is 1. The van der Waals surface area contributed by atoms with E-state index < -0.39 is 35.6 Å². The summed E-state index contributed by atoms with van der Waals surface area (Å²) in [7, 11) is 0. The number of likely N-dealkylation sites (tertiary alicyclic amines) is 1. The molecule has 2 aromatic rings. The summed E-state index contributed by atoms with van der Waals surface area (Å²) in [6.07, 6.45) is 0.745. The van der Waals surface area contributed by atoms with Crippen LogP contribution in [0.4, 0.5) is 0 Å². The van der Waals surface area contributed by atoms with Crippen molar-refractivity contribution in [2.24, 2.45) is 23.7 Å². The lowest BCUT2D eigenvalue weighted by Gasteiger charge is -2.44. The molecular weight excluding hydrogens is 398 g/mol. The zero-order valence-corrected chi connectivity index (χ0v) is 17.4. The van der Waals surface area contributed by atoms with Crippen LogP contribution in [0.1, 0.15) is 37.9 Å². The van der Waals surface area contributed by atoms with Crippen LogP contribution in [0.2, 0.25) is 0 Å². The van der Waals surface area contributed by atoms with Crippen LogP contribution in [-0.4, -0.2) is 51.0 Å². The average molecular weight is 425 g/mol. The maximum atomic E-state index is 13.2. The quantitative estimate of drug-likeness (QED) is 0.649. The van der Waals surface area contributed by atoms with E-state index in [9.17, 15) is 24.9 Å². The Labute approximate surface area is 180 Å². The number of fused-ring (bicyclic) bond motifs is 4. The molecule has 2 aromatic carbocycles. The van der Waals surface area contributed by atoms with E-state index in [2.05, 4.69) is 0 Å². The molecule has 0 radical (unpaired) electrons. The van der Waals surface area contributed by atoms with Crippen LogP contribution in [-0.2, 0) is 14.3 Å². The Morgan fingerprint density at radius 3 is 2.55 bits per heavy atom. The first-order valence-corrected chi connectivity index (χ1v) is 11.0. The number of aromatic hydroxyl groups is 1. The summed E-state index contributed by atoms with van der Waals surface area (Å²) in [5, 5.41) is 33.3. The second-order valence-corrected chi connectivity index (χ2v) is 9.00. The van der Waals surface area contributed by atoms with Gasteiger partial charge in [0.1, 0.15) is 5.75 Å². The molecule has 2 heterocycles. The van der Waals surface area contributed by atoms with Crippen molar-refractivity contribution >= 4 is 22.6 Å². The molecule has 1 saturated carbocycles. The largest absolute Gasteiger partial charge is 0.507 e. The highest BCUT2D eigenvalue weighted by atomic mass is 16.6. The van der Waals surface area contributed by atoms with Crippen LogP contribution in [0.5, 0.6) is 5.75 Å². The van der Waals surface area contributed by atoms with E-state index in [4.69, 9.17) is 4.74 Å². The van der Waals surface area contributed by atoms with Gasteiger partial charge in [0, 0.05) is 23.8 Å². The van der Waals surface area contributed by atoms with Gasteiger partial charge in [-0.1, -0.05) is 37.3 Å². The summed E-state index contributed by atoms with van der Waals surface area (Å²) in [5.41, 5.74) is 0.812. The fraction of sp³-hybridized carbons (Fsp3) is 0.500. The Hall–Kier alpha value is -2.48. The SMILES string of the molecule is CCCN1C(=O)[C@H]2[C@H](C[C@H](CO)[C@@]3(O)O[C@H](c4ccc(O)c5ccccc45)C[C@@H]23)C1=O. The molecule has 5 rings (SSSR count). The molecule has 0 bridgehead atoms. The molecule has 2 amide bonds. The van der Waals surface area contributed by atoms with Crippen molar-refractivity contribution in [1.29, 1.82) is 0 Å². The second-order valence-electron chi connectivity index (χ2n) is 9.00. The Balaban J connectivity index is 1.56. The van der Waals surface area contributed by atoms with Gasteiger partial charge in [-0.25, -0.2) is 0 Å². The number of hydrogen-bond acceptors (Lipinski definition) is 6. The number of carbonyl (C=O) groups excluding carboxylic acids is 2. The van der Waals surface area contributed by atoms with Crippen LogP contribution >= 0.6 is 0 Å². The van der Waals surface area contributed by atoms with Crippen LogP contribution in [0.15, 0.2) is 36.4 Å². The Morgan fingerprint density at radius 2 is 1.84 bits per heavy atom. The molecular formula is C24H27NO6. The molecule has 164 valence electrons. The van der Waals surface area contributed by atoms with E-state index >= 15 is 0 Å². The van der Waals surface area contributed by atoms with Gasteiger partial charge in [0.05, 0.1) is 24.5 Å². The topological polar surface area (TPSA) is 107 Å². The van der Waals surface area contributed by atoms with E-state index in [-0.39, 0.29) is 30.6 Å². The van der Waals surface area contributed by atoms with Crippen molar-refractivity contribution in [3.8, 4) is 5.75 Å². The lowest BCUT2D eigenvalue weighted by molar-refractivity contribution is -0.273. The molecule has 0 aromatic heterocycles. The zero-order valence-electron chi connectivity index (χ0n) is 17.4. The highest BCUT2D eigenvalue weighted by Gasteiger charge is 2.66. The smallest absolute Gasteiger partial charge is 0.233 e. The fourth-order valence-electron chi connectivity index (χ4n) is 5.98. The molecule has 6 atom stereocenters. The number of rotatable bonds is 4. The van der Waals surface area contributed by atoms with Crippen molar-refractivity contribution < 1.29 is 29.6 Å². The Bertz CT molecular complexity index is 1050. The number of aliphatic hydroxyl groups excluding tert-OH is 1. The van der Waals surface area contributed by atoms with Gasteiger partial charge in [0.25, 0.3) is 0 Å². The number of nitrogens with zero attached hydrogens (tertiary/aromatic N) is 1. The molecule has 0 spiro atoms. The predicted molar refractivity (Wildman–Crippen MR) is 112 cm³/mol. The van der Waals surface area contributed by atoms with Crippen molar-refractivity contribution in [2.75, 3.05) is 13.2 Å². The average Bonchev–Trinajstić information content (AvgIpc) is 3.23. The van der Waals surface area contributed by atoms with Gasteiger partial charge in [0.2, 0.25) is 11.8 Å². The van der Waals surface area contributed by atoms with Gasteiger partial charge in [0.15, 0.2) is 5.79 Å².